The number of ether oxygens (including phenoxy) is 3. The van der Waals surface area contributed by atoms with Crippen LogP contribution in [0.1, 0.15) is 19.4 Å². The van der Waals surface area contributed by atoms with Crippen molar-refractivity contribution in [3.63, 3.8) is 0 Å². The van der Waals surface area contributed by atoms with E-state index in [9.17, 15) is 9.59 Å². The lowest BCUT2D eigenvalue weighted by molar-refractivity contribution is -0.147. The second-order valence-corrected chi connectivity index (χ2v) is 5.97. The highest BCUT2D eigenvalue weighted by atomic mass is 16.6. The molecule has 0 N–H and O–H groups in total. The summed E-state index contributed by atoms with van der Waals surface area (Å²) in [5.74, 6) is 0.566. The predicted molar refractivity (Wildman–Crippen MR) is 100 cm³/mol. The van der Waals surface area contributed by atoms with E-state index in [4.69, 9.17) is 13.9 Å². The summed E-state index contributed by atoms with van der Waals surface area (Å²) >= 11 is 0. The van der Waals surface area contributed by atoms with Crippen LogP contribution in [0.5, 0.6) is 17.2 Å². The van der Waals surface area contributed by atoms with Gasteiger partial charge in [-0.2, -0.15) is 0 Å². The molecule has 1 aromatic heterocycles. The first-order chi connectivity index (χ1) is 13.0. The van der Waals surface area contributed by atoms with Crippen LogP contribution in [0.25, 0.3) is 11.0 Å². The Balaban J connectivity index is 1.85. The summed E-state index contributed by atoms with van der Waals surface area (Å²) in [5, 5.41) is 0.357. The number of hydrogen-bond acceptors (Lipinski definition) is 6. The molecule has 0 aliphatic heterocycles. The maximum Gasteiger partial charge on any atom is 0.346 e. The average Bonchev–Trinajstić information content (AvgIpc) is 2.70. The Hall–Kier alpha value is -3.28. The molecule has 6 nitrogen and oxygen atoms in total. The van der Waals surface area contributed by atoms with Crippen molar-refractivity contribution in [1.82, 2.24) is 0 Å². The van der Waals surface area contributed by atoms with Crippen molar-refractivity contribution in [1.29, 1.82) is 0 Å². The molecule has 3 rings (SSSR count). The summed E-state index contributed by atoms with van der Waals surface area (Å²) in [4.78, 5) is 24.1. The number of benzene rings is 2. The maximum absolute atomic E-state index is 12.6. The Kier molecular flexibility index (Phi) is 5.45. The molecule has 6 heteroatoms. The van der Waals surface area contributed by atoms with E-state index in [2.05, 4.69) is 11.7 Å². The van der Waals surface area contributed by atoms with E-state index >= 15 is 0 Å². The minimum Gasteiger partial charge on any atom is -0.479 e. The summed E-state index contributed by atoms with van der Waals surface area (Å²) in [6.07, 6.45) is 1.43. The zero-order valence-electron chi connectivity index (χ0n) is 15.4. The summed E-state index contributed by atoms with van der Waals surface area (Å²) in [7, 11) is 1.29. The third-order valence-electron chi connectivity index (χ3n) is 4.12. The molecule has 0 aliphatic carbocycles. The fourth-order valence-electron chi connectivity index (χ4n) is 2.57. The van der Waals surface area contributed by atoms with Crippen LogP contribution < -0.4 is 14.9 Å². The second kappa shape index (κ2) is 7.95. The molecule has 0 unspecified atom stereocenters. The zero-order chi connectivity index (χ0) is 19.4. The molecule has 0 fully saturated rings. The Morgan fingerprint density at radius 3 is 2.48 bits per heavy atom. The monoisotopic (exact) mass is 368 g/mol. The first-order valence-electron chi connectivity index (χ1n) is 8.58. The second-order valence-electron chi connectivity index (χ2n) is 5.97. The molecule has 0 saturated carbocycles. The van der Waals surface area contributed by atoms with Crippen molar-refractivity contribution in [3.8, 4) is 17.2 Å². The maximum atomic E-state index is 12.6. The molecule has 3 aromatic rings. The fraction of sp³-hybridized carbons (Fsp3) is 0.238. The Bertz CT molecular complexity index is 1000. The Labute approximate surface area is 156 Å². The van der Waals surface area contributed by atoms with Gasteiger partial charge in [-0.25, -0.2) is 4.79 Å². The predicted octanol–water partition coefficient (Wildman–Crippen LogP) is 4.09. The minimum atomic E-state index is -0.770. The van der Waals surface area contributed by atoms with Crippen LogP contribution in [0.4, 0.5) is 0 Å². The Morgan fingerprint density at radius 1 is 1.11 bits per heavy atom. The fourth-order valence-corrected chi connectivity index (χ4v) is 2.57. The topological polar surface area (TPSA) is 75.0 Å². The molecule has 2 aromatic carbocycles. The number of carbonyl (C=O) groups is 1. The molecule has 0 bridgehead atoms. The van der Waals surface area contributed by atoms with Gasteiger partial charge < -0.3 is 18.6 Å². The lowest BCUT2D eigenvalue weighted by atomic mass is 10.2. The molecular formula is C21H20O6. The van der Waals surface area contributed by atoms with E-state index in [1.165, 1.54) is 18.9 Å². The molecular weight excluding hydrogens is 348 g/mol. The average molecular weight is 368 g/mol. The number of fused-ring (bicyclic) bond motifs is 1. The van der Waals surface area contributed by atoms with Crippen LogP contribution in [0.15, 0.2) is 57.9 Å². The molecule has 0 radical (unpaired) electrons. The molecule has 0 amide bonds. The number of rotatable bonds is 6. The summed E-state index contributed by atoms with van der Waals surface area (Å²) in [6.45, 7) is 3.64. The van der Waals surface area contributed by atoms with Gasteiger partial charge in [0.05, 0.1) is 12.5 Å². The van der Waals surface area contributed by atoms with Gasteiger partial charge in [-0.3, -0.25) is 4.79 Å². The molecule has 27 heavy (non-hydrogen) atoms. The molecule has 0 spiro atoms. The molecule has 0 aliphatic rings. The van der Waals surface area contributed by atoms with Crippen molar-refractivity contribution in [2.75, 3.05) is 7.11 Å². The molecule has 140 valence electrons. The van der Waals surface area contributed by atoms with E-state index in [1.807, 2.05) is 24.3 Å². The number of methoxy groups -OCH3 is 1. The SMILES string of the molecule is CCc1ccc(Oc2coc3cc(O[C@@H](C)C(=O)OC)ccc3c2=O)cc1. The van der Waals surface area contributed by atoms with E-state index in [0.717, 1.165) is 6.42 Å². The van der Waals surface area contributed by atoms with E-state index in [-0.39, 0.29) is 11.2 Å². The standard InChI is InChI=1S/C21H20O6/c1-4-14-5-7-15(8-6-14)27-19-12-25-18-11-16(9-10-17(18)20(19)22)26-13(2)21(23)24-3/h5-13H,4H2,1-3H3/t13-/m0/s1. The normalized spacial score (nSPS) is 11.8. The van der Waals surface area contributed by atoms with Crippen LogP contribution in [-0.4, -0.2) is 19.2 Å². The first kappa shape index (κ1) is 18.5. The van der Waals surface area contributed by atoms with E-state index in [0.29, 0.717) is 22.5 Å². The van der Waals surface area contributed by atoms with Crippen LogP contribution in [0.3, 0.4) is 0 Å². The summed E-state index contributed by atoms with van der Waals surface area (Å²) in [6, 6.07) is 12.2. The van der Waals surface area contributed by atoms with Crippen LogP contribution in [0, 0.1) is 0 Å². The summed E-state index contributed by atoms with van der Waals surface area (Å²) < 4.78 is 21.3. The number of hydrogen-bond donors (Lipinski definition) is 0. The lowest BCUT2D eigenvalue weighted by Crippen LogP contribution is -2.24. The molecule has 1 heterocycles. The zero-order valence-corrected chi connectivity index (χ0v) is 15.4. The van der Waals surface area contributed by atoms with Crippen molar-refractivity contribution >= 4 is 16.9 Å². The van der Waals surface area contributed by atoms with Gasteiger partial charge in [-0.15, -0.1) is 0 Å². The van der Waals surface area contributed by atoms with Crippen LogP contribution >= 0.6 is 0 Å². The van der Waals surface area contributed by atoms with Gasteiger partial charge in [0, 0.05) is 6.07 Å². The Morgan fingerprint density at radius 2 is 1.81 bits per heavy atom. The van der Waals surface area contributed by atoms with Crippen molar-refractivity contribution in [2.24, 2.45) is 0 Å². The van der Waals surface area contributed by atoms with Crippen molar-refractivity contribution in [3.05, 3.63) is 64.5 Å². The quantitative estimate of drug-likeness (QED) is 0.610. The van der Waals surface area contributed by atoms with Crippen LogP contribution in [0.2, 0.25) is 0 Å². The number of aryl methyl sites for hydroxylation is 1. The van der Waals surface area contributed by atoms with Gasteiger partial charge >= 0.3 is 5.97 Å². The van der Waals surface area contributed by atoms with Crippen molar-refractivity contribution in [2.45, 2.75) is 26.4 Å². The largest absolute Gasteiger partial charge is 0.479 e. The van der Waals surface area contributed by atoms with Gasteiger partial charge in [0.1, 0.15) is 23.3 Å². The van der Waals surface area contributed by atoms with Crippen LogP contribution in [-0.2, 0) is 16.0 Å². The van der Waals surface area contributed by atoms with E-state index < -0.39 is 12.1 Å². The molecule has 0 saturated heterocycles. The van der Waals surface area contributed by atoms with E-state index in [1.54, 1.807) is 25.1 Å². The lowest BCUT2D eigenvalue weighted by Gasteiger charge is -2.12. The van der Waals surface area contributed by atoms with Gasteiger partial charge in [-0.05, 0) is 43.2 Å². The summed E-state index contributed by atoms with van der Waals surface area (Å²) in [5.41, 5.74) is 1.23. The number of carbonyl (C=O) groups excluding carboxylic acids is 1. The minimum absolute atomic E-state index is 0.100. The third kappa shape index (κ3) is 4.11. The smallest absolute Gasteiger partial charge is 0.346 e. The first-order valence-corrected chi connectivity index (χ1v) is 8.58. The molecule has 1 atom stereocenters. The van der Waals surface area contributed by atoms with Gasteiger partial charge in [0.15, 0.2) is 6.10 Å². The van der Waals surface area contributed by atoms with Gasteiger partial charge in [0.2, 0.25) is 11.2 Å². The third-order valence-corrected chi connectivity index (χ3v) is 4.12. The highest BCUT2D eigenvalue weighted by molar-refractivity contribution is 5.79. The van der Waals surface area contributed by atoms with Gasteiger partial charge in [0.25, 0.3) is 0 Å². The van der Waals surface area contributed by atoms with Crippen molar-refractivity contribution < 1.29 is 23.4 Å². The highest BCUT2D eigenvalue weighted by Gasteiger charge is 2.16. The van der Waals surface area contributed by atoms with Gasteiger partial charge in [-0.1, -0.05) is 19.1 Å². The number of esters is 1. The highest BCUT2D eigenvalue weighted by Crippen LogP contribution is 2.25.